The minimum Gasteiger partial charge on any atom is -0.312 e. The molecule has 0 saturated heterocycles. The summed E-state index contributed by atoms with van der Waals surface area (Å²) in [6.45, 7) is 2.36. The second-order valence-electron chi connectivity index (χ2n) is 6.15. The van der Waals surface area contributed by atoms with Crippen molar-refractivity contribution in [2.75, 3.05) is 11.4 Å². The molecule has 26 heavy (non-hydrogen) atoms. The van der Waals surface area contributed by atoms with Gasteiger partial charge in [0.15, 0.2) is 11.6 Å². The Morgan fingerprint density at radius 2 is 1.96 bits per heavy atom. The zero-order valence-corrected chi connectivity index (χ0v) is 14.3. The number of anilines is 1. The third-order valence-electron chi connectivity index (χ3n) is 4.52. The van der Waals surface area contributed by atoms with Crippen molar-refractivity contribution in [2.45, 2.75) is 19.8 Å². The van der Waals surface area contributed by atoms with Crippen molar-refractivity contribution in [3.05, 3.63) is 69.9 Å². The molecule has 0 atom stereocenters. The highest BCUT2D eigenvalue weighted by molar-refractivity contribution is 5.96. The fourth-order valence-electron chi connectivity index (χ4n) is 3.19. The molecule has 2 aromatic heterocycles. The van der Waals surface area contributed by atoms with Crippen molar-refractivity contribution >= 4 is 11.6 Å². The van der Waals surface area contributed by atoms with Crippen LogP contribution >= 0.6 is 0 Å². The van der Waals surface area contributed by atoms with Gasteiger partial charge >= 0.3 is 0 Å². The van der Waals surface area contributed by atoms with Gasteiger partial charge in [0.2, 0.25) is 5.91 Å². The summed E-state index contributed by atoms with van der Waals surface area (Å²) in [6, 6.07) is 9.53. The number of carbonyl (C=O) groups excluding carboxylic acids is 1. The summed E-state index contributed by atoms with van der Waals surface area (Å²) < 4.78 is 0. The fourth-order valence-corrected chi connectivity index (χ4v) is 3.19. The van der Waals surface area contributed by atoms with E-state index in [1.165, 1.54) is 0 Å². The first-order valence-electron chi connectivity index (χ1n) is 8.39. The first kappa shape index (κ1) is 16.1. The van der Waals surface area contributed by atoms with Crippen LogP contribution in [0.5, 0.6) is 0 Å². The van der Waals surface area contributed by atoms with Crippen LogP contribution in [0, 0.1) is 6.92 Å². The molecule has 0 saturated carbocycles. The van der Waals surface area contributed by atoms with Gasteiger partial charge in [-0.15, -0.1) is 0 Å². The molecule has 7 heteroatoms. The SMILES string of the molecule is Cc1nc(-c2ncccn2)[nH]c(=O)c1CC(=O)N1CCc2ccccc21. The van der Waals surface area contributed by atoms with Gasteiger partial charge in [-0.1, -0.05) is 18.2 Å². The zero-order chi connectivity index (χ0) is 18.1. The number of amides is 1. The van der Waals surface area contributed by atoms with Crippen LogP contribution in [0.25, 0.3) is 11.6 Å². The summed E-state index contributed by atoms with van der Waals surface area (Å²) in [6.07, 6.45) is 4.01. The third-order valence-corrected chi connectivity index (χ3v) is 4.52. The third kappa shape index (κ3) is 2.88. The number of benzene rings is 1. The van der Waals surface area contributed by atoms with Crippen LogP contribution in [-0.2, 0) is 17.6 Å². The average molecular weight is 347 g/mol. The molecule has 1 aliphatic rings. The number of nitrogens with zero attached hydrogens (tertiary/aromatic N) is 4. The summed E-state index contributed by atoms with van der Waals surface area (Å²) in [5.41, 5.74) is 2.63. The molecule has 1 aromatic carbocycles. The number of hydrogen-bond acceptors (Lipinski definition) is 5. The Morgan fingerprint density at radius 3 is 2.73 bits per heavy atom. The first-order valence-corrected chi connectivity index (χ1v) is 8.39. The van der Waals surface area contributed by atoms with Gasteiger partial charge in [0.1, 0.15) is 0 Å². The lowest BCUT2D eigenvalue weighted by molar-refractivity contribution is -0.117. The molecular weight excluding hydrogens is 330 g/mol. The molecule has 0 spiro atoms. The number of para-hydroxylation sites is 1. The number of nitrogens with one attached hydrogen (secondary N) is 1. The van der Waals surface area contributed by atoms with E-state index in [0.717, 1.165) is 17.7 Å². The van der Waals surface area contributed by atoms with Gasteiger partial charge in [-0.05, 0) is 31.0 Å². The normalized spacial score (nSPS) is 12.9. The maximum Gasteiger partial charge on any atom is 0.255 e. The number of aromatic amines is 1. The van der Waals surface area contributed by atoms with Gasteiger partial charge in [0.25, 0.3) is 5.56 Å². The summed E-state index contributed by atoms with van der Waals surface area (Å²) in [5, 5.41) is 0. The van der Waals surface area contributed by atoms with E-state index in [4.69, 9.17) is 0 Å². The summed E-state index contributed by atoms with van der Waals surface area (Å²) >= 11 is 0. The van der Waals surface area contributed by atoms with Crippen molar-refractivity contribution < 1.29 is 4.79 Å². The molecule has 0 aliphatic carbocycles. The van der Waals surface area contributed by atoms with Crippen LogP contribution in [0.4, 0.5) is 5.69 Å². The molecule has 0 fully saturated rings. The average Bonchev–Trinajstić information content (AvgIpc) is 3.09. The highest BCUT2D eigenvalue weighted by Crippen LogP contribution is 2.27. The molecule has 130 valence electrons. The highest BCUT2D eigenvalue weighted by atomic mass is 16.2. The second-order valence-corrected chi connectivity index (χ2v) is 6.15. The number of hydrogen-bond donors (Lipinski definition) is 1. The lowest BCUT2D eigenvalue weighted by atomic mass is 10.1. The van der Waals surface area contributed by atoms with E-state index in [-0.39, 0.29) is 17.9 Å². The standard InChI is InChI=1S/C19H17N5O2/c1-12-14(19(26)23-18(22-12)17-20-8-4-9-21-17)11-16(25)24-10-7-13-5-2-3-6-15(13)24/h2-6,8-9H,7,10-11H2,1H3,(H,22,23,26). The fraction of sp³-hybridized carbons (Fsp3) is 0.211. The van der Waals surface area contributed by atoms with E-state index >= 15 is 0 Å². The molecule has 3 aromatic rings. The van der Waals surface area contributed by atoms with Crippen LogP contribution < -0.4 is 10.5 Å². The lowest BCUT2D eigenvalue weighted by Crippen LogP contribution is -2.33. The quantitative estimate of drug-likeness (QED) is 0.778. The molecular formula is C19H17N5O2. The predicted octanol–water partition coefficient (Wildman–Crippen LogP) is 1.67. The maximum atomic E-state index is 12.8. The highest BCUT2D eigenvalue weighted by Gasteiger charge is 2.25. The Kier molecular flexibility index (Phi) is 4.04. The van der Waals surface area contributed by atoms with Crippen molar-refractivity contribution in [1.29, 1.82) is 0 Å². The number of aromatic nitrogens is 4. The van der Waals surface area contributed by atoms with Gasteiger partial charge in [0, 0.05) is 35.9 Å². The maximum absolute atomic E-state index is 12.8. The molecule has 0 unspecified atom stereocenters. The smallest absolute Gasteiger partial charge is 0.255 e. The van der Waals surface area contributed by atoms with E-state index in [1.807, 2.05) is 24.3 Å². The zero-order valence-electron chi connectivity index (χ0n) is 14.3. The Morgan fingerprint density at radius 1 is 1.19 bits per heavy atom. The largest absolute Gasteiger partial charge is 0.312 e. The first-order chi connectivity index (χ1) is 12.6. The van der Waals surface area contributed by atoms with E-state index in [9.17, 15) is 9.59 Å². The molecule has 1 amide bonds. The van der Waals surface area contributed by atoms with Gasteiger partial charge < -0.3 is 9.88 Å². The van der Waals surface area contributed by atoms with Crippen LogP contribution in [0.15, 0.2) is 47.5 Å². The molecule has 3 heterocycles. The predicted molar refractivity (Wildman–Crippen MR) is 96.8 cm³/mol. The molecule has 0 radical (unpaired) electrons. The Balaban J connectivity index is 1.61. The molecule has 0 bridgehead atoms. The summed E-state index contributed by atoms with van der Waals surface area (Å²) in [7, 11) is 0. The number of carbonyl (C=O) groups is 1. The molecule has 7 nitrogen and oxygen atoms in total. The number of fused-ring (bicyclic) bond motifs is 1. The van der Waals surface area contributed by atoms with Crippen LogP contribution in [0.1, 0.15) is 16.8 Å². The molecule has 4 rings (SSSR count). The van der Waals surface area contributed by atoms with Crippen LogP contribution in [0.2, 0.25) is 0 Å². The van der Waals surface area contributed by atoms with E-state index in [0.29, 0.717) is 29.5 Å². The van der Waals surface area contributed by atoms with E-state index < -0.39 is 0 Å². The van der Waals surface area contributed by atoms with Gasteiger partial charge in [-0.2, -0.15) is 0 Å². The summed E-state index contributed by atoms with van der Waals surface area (Å²) in [5.74, 6) is 0.545. The molecule has 1 aliphatic heterocycles. The van der Waals surface area contributed by atoms with Crippen molar-refractivity contribution in [2.24, 2.45) is 0 Å². The van der Waals surface area contributed by atoms with Crippen LogP contribution in [0.3, 0.4) is 0 Å². The summed E-state index contributed by atoms with van der Waals surface area (Å²) in [4.78, 5) is 42.2. The second kappa shape index (κ2) is 6.51. The van der Waals surface area contributed by atoms with Gasteiger partial charge in [0.05, 0.1) is 6.42 Å². The number of rotatable bonds is 3. The van der Waals surface area contributed by atoms with E-state index in [1.54, 1.807) is 30.3 Å². The Bertz CT molecular complexity index is 1030. The van der Waals surface area contributed by atoms with Crippen molar-refractivity contribution in [1.82, 2.24) is 19.9 Å². The van der Waals surface area contributed by atoms with Gasteiger partial charge in [-0.25, -0.2) is 15.0 Å². The lowest BCUT2D eigenvalue weighted by Gasteiger charge is -2.17. The topological polar surface area (TPSA) is 91.8 Å². The van der Waals surface area contributed by atoms with Gasteiger partial charge in [-0.3, -0.25) is 9.59 Å². The van der Waals surface area contributed by atoms with Crippen molar-refractivity contribution in [3.63, 3.8) is 0 Å². The van der Waals surface area contributed by atoms with Crippen molar-refractivity contribution in [3.8, 4) is 11.6 Å². The Hall–Kier alpha value is -3.35. The van der Waals surface area contributed by atoms with E-state index in [2.05, 4.69) is 19.9 Å². The monoisotopic (exact) mass is 347 g/mol. The molecule has 1 N–H and O–H groups in total. The minimum atomic E-state index is -0.333. The number of aryl methyl sites for hydroxylation is 1. The Labute approximate surface area is 149 Å². The van der Waals surface area contributed by atoms with Crippen LogP contribution in [-0.4, -0.2) is 32.4 Å². The minimum absolute atomic E-state index is 0.0123. The number of H-pyrrole nitrogens is 1.